The van der Waals surface area contributed by atoms with Gasteiger partial charge in [-0.2, -0.15) is 0 Å². The Morgan fingerprint density at radius 3 is 2.42 bits per heavy atom. The molecule has 0 aliphatic carbocycles. The van der Waals surface area contributed by atoms with Crippen molar-refractivity contribution in [1.82, 2.24) is 10.6 Å². The van der Waals surface area contributed by atoms with E-state index in [-0.39, 0.29) is 18.4 Å². The third-order valence-corrected chi connectivity index (χ3v) is 4.31. The summed E-state index contributed by atoms with van der Waals surface area (Å²) in [7, 11) is 3.02. The summed E-state index contributed by atoms with van der Waals surface area (Å²) in [6, 6.07) is 8.81. The molecule has 128 valence electrons. The Bertz CT molecular complexity index is 727. The molecule has 1 aromatic carbocycles. The molecule has 7 heteroatoms. The van der Waals surface area contributed by atoms with Crippen LogP contribution in [0.4, 0.5) is 0 Å². The van der Waals surface area contributed by atoms with E-state index in [0.717, 1.165) is 4.88 Å². The molecule has 0 unspecified atom stereocenters. The van der Waals surface area contributed by atoms with Gasteiger partial charge in [0.05, 0.1) is 27.3 Å². The second-order valence-electron chi connectivity index (χ2n) is 5.04. The van der Waals surface area contributed by atoms with Gasteiger partial charge in [0.2, 0.25) is 5.91 Å². The van der Waals surface area contributed by atoms with Gasteiger partial charge in [0, 0.05) is 15.3 Å². The van der Waals surface area contributed by atoms with Crippen LogP contribution in [0.25, 0.3) is 0 Å². The van der Waals surface area contributed by atoms with Crippen LogP contribution in [0.1, 0.15) is 20.1 Å². The molecule has 2 rings (SSSR count). The van der Waals surface area contributed by atoms with Gasteiger partial charge in [-0.3, -0.25) is 9.59 Å². The molecule has 0 saturated heterocycles. The number of benzene rings is 1. The maximum atomic E-state index is 12.1. The topological polar surface area (TPSA) is 76.7 Å². The van der Waals surface area contributed by atoms with Crippen molar-refractivity contribution in [1.29, 1.82) is 0 Å². The number of thiophene rings is 1. The lowest BCUT2D eigenvalue weighted by atomic mass is 10.2. The Balaban J connectivity index is 1.84. The van der Waals surface area contributed by atoms with Gasteiger partial charge in [-0.05, 0) is 37.3 Å². The molecule has 1 aromatic heterocycles. The van der Waals surface area contributed by atoms with Gasteiger partial charge in [0.15, 0.2) is 11.5 Å². The Morgan fingerprint density at radius 2 is 1.79 bits per heavy atom. The summed E-state index contributed by atoms with van der Waals surface area (Å²) in [5, 5.41) is 5.36. The highest BCUT2D eigenvalue weighted by Gasteiger charge is 2.12. The van der Waals surface area contributed by atoms with Crippen LogP contribution in [0.3, 0.4) is 0 Å². The van der Waals surface area contributed by atoms with Crippen LogP contribution in [0, 0.1) is 6.92 Å². The van der Waals surface area contributed by atoms with Gasteiger partial charge in [-0.25, -0.2) is 0 Å². The predicted octanol–water partition coefficient (Wildman–Crippen LogP) is 2.12. The first-order chi connectivity index (χ1) is 11.5. The van der Waals surface area contributed by atoms with E-state index in [9.17, 15) is 9.59 Å². The monoisotopic (exact) mass is 348 g/mol. The second kappa shape index (κ2) is 8.35. The lowest BCUT2D eigenvalue weighted by molar-refractivity contribution is -0.120. The highest BCUT2D eigenvalue weighted by molar-refractivity contribution is 7.11. The number of nitrogens with one attached hydrogen (secondary N) is 2. The molecule has 0 atom stereocenters. The fourth-order valence-electron chi connectivity index (χ4n) is 2.07. The summed E-state index contributed by atoms with van der Waals surface area (Å²) in [4.78, 5) is 26.2. The fraction of sp³-hybridized carbons (Fsp3) is 0.294. The van der Waals surface area contributed by atoms with Crippen LogP contribution < -0.4 is 20.1 Å². The maximum Gasteiger partial charge on any atom is 0.251 e. The lowest BCUT2D eigenvalue weighted by Gasteiger charge is -2.10. The lowest BCUT2D eigenvalue weighted by Crippen LogP contribution is -2.36. The molecule has 0 aliphatic heterocycles. The number of hydrogen-bond acceptors (Lipinski definition) is 5. The molecular formula is C17H20N2O4S. The van der Waals surface area contributed by atoms with Crippen molar-refractivity contribution in [2.24, 2.45) is 0 Å². The molecule has 0 fully saturated rings. The number of carbonyl (C=O) groups is 2. The normalized spacial score (nSPS) is 10.1. The van der Waals surface area contributed by atoms with E-state index >= 15 is 0 Å². The molecule has 0 bridgehead atoms. The maximum absolute atomic E-state index is 12.1. The van der Waals surface area contributed by atoms with E-state index in [0.29, 0.717) is 23.6 Å². The first-order valence-corrected chi connectivity index (χ1v) is 8.17. The van der Waals surface area contributed by atoms with Crippen molar-refractivity contribution in [3.8, 4) is 11.5 Å². The number of aryl methyl sites for hydroxylation is 1. The summed E-state index contributed by atoms with van der Waals surface area (Å²) in [6.07, 6.45) is 0. The quantitative estimate of drug-likeness (QED) is 0.804. The van der Waals surface area contributed by atoms with Gasteiger partial charge in [-0.1, -0.05) is 0 Å². The van der Waals surface area contributed by atoms with Crippen molar-refractivity contribution in [3.05, 3.63) is 45.6 Å². The molecule has 2 amide bonds. The van der Waals surface area contributed by atoms with Gasteiger partial charge in [-0.15, -0.1) is 11.3 Å². The number of ether oxygens (including phenoxy) is 2. The van der Waals surface area contributed by atoms with E-state index < -0.39 is 0 Å². The van der Waals surface area contributed by atoms with E-state index in [1.807, 2.05) is 19.1 Å². The van der Waals surface area contributed by atoms with E-state index in [1.165, 1.54) is 19.1 Å². The first kappa shape index (κ1) is 17.8. The van der Waals surface area contributed by atoms with Crippen molar-refractivity contribution < 1.29 is 19.1 Å². The zero-order valence-corrected chi connectivity index (χ0v) is 14.7. The molecular weight excluding hydrogens is 328 g/mol. The molecule has 0 spiro atoms. The zero-order valence-electron chi connectivity index (χ0n) is 13.8. The average molecular weight is 348 g/mol. The molecule has 2 aromatic rings. The number of carbonyl (C=O) groups excluding carboxylic acids is 2. The van der Waals surface area contributed by atoms with Crippen molar-refractivity contribution in [2.45, 2.75) is 13.5 Å². The molecule has 0 saturated carbocycles. The van der Waals surface area contributed by atoms with Crippen LogP contribution in [-0.2, 0) is 11.3 Å². The van der Waals surface area contributed by atoms with Crippen LogP contribution in [0.2, 0.25) is 0 Å². The van der Waals surface area contributed by atoms with Crippen LogP contribution in [0.15, 0.2) is 30.3 Å². The van der Waals surface area contributed by atoms with Crippen molar-refractivity contribution in [3.63, 3.8) is 0 Å². The van der Waals surface area contributed by atoms with Crippen LogP contribution in [-0.4, -0.2) is 32.6 Å². The van der Waals surface area contributed by atoms with Gasteiger partial charge >= 0.3 is 0 Å². The Kier molecular flexibility index (Phi) is 6.20. The molecule has 0 radical (unpaired) electrons. The molecule has 2 N–H and O–H groups in total. The fourth-order valence-corrected chi connectivity index (χ4v) is 2.90. The summed E-state index contributed by atoms with van der Waals surface area (Å²) in [6.45, 7) is 2.39. The number of rotatable bonds is 7. The van der Waals surface area contributed by atoms with Gasteiger partial charge in [0.25, 0.3) is 5.91 Å². The zero-order chi connectivity index (χ0) is 17.5. The van der Waals surface area contributed by atoms with Crippen LogP contribution >= 0.6 is 11.3 Å². The van der Waals surface area contributed by atoms with Crippen molar-refractivity contribution in [2.75, 3.05) is 20.8 Å². The molecule has 1 heterocycles. The Hall–Kier alpha value is -2.54. The molecule has 0 aliphatic rings. The average Bonchev–Trinajstić information content (AvgIpc) is 3.02. The summed E-state index contributed by atoms with van der Waals surface area (Å²) < 4.78 is 10.3. The predicted molar refractivity (Wildman–Crippen MR) is 92.8 cm³/mol. The molecule has 6 nitrogen and oxygen atoms in total. The third kappa shape index (κ3) is 4.73. The number of amides is 2. The number of hydrogen-bond donors (Lipinski definition) is 2. The van der Waals surface area contributed by atoms with Gasteiger partial charge < -0.3 is 20.1 Å². The van der Waals surface area contributed by atoms with Crippen molar-refractivity contribution >= 4 is 23.2 Å². The Morgan fingerprint density at radius 1 is 1.04 bits per heavy atom. The largest absolute Gasteiger partial charge is 0.493 e. The third-order valence-electron chi connectivity index (χ3n) is 3.31. The standard InChI is InChI=1S/C17H20N2O4S/c1-11-4-6-13(24-11)9-18-16(20)10-19-17(21)12-5-7-14(22-2)15(8-12)23-3/h4-8H,9-10H2,1-3H3,(H,18,20)(H,19,21). The van der Waals surface area contributed by atoms with E-state index in [4.69, 9.17) is 9.47 Å². The highest BCUT2D eigenvalue weighted by Crippen LogP contribution is 2.27. The summed E-state index contributed by atoms with van der Waals surface area (Å²) in [5.41, 5.74) is 0.398. The highest BCUT2D eigenvalue weighted by atomic mass is 32.1. The molecule has 24 heavy (non-hydrogen) atoms. The van der Waals surface area contributed by atoms with Gasteiger partial charge in [0.1, 0.15) is 0 Å². The number of methoxy groups -OCH3 is 2. The second-order valence-corrected chi connectivity index (χ2v) is 6.41. The SMILES string of the molecule is COc1ccc(C(=O)NCC(=O)NCc2ccc(C)s2)cc1OC. The Labute approximate surface area is 144 Å². The van der Waals surface area contributed by atoms with E-state index in [1.54, 1.807) is 29.5 Å². The minimum absolute atomic E-state index is 0.0858. The first-order valence-electron chi connectivity index (χ1n) is 7.35. The minimum Gasteiger partial charge on any atom is -0.493 e. The van der Waals surface area contributed by atoms with E-state index in [2.05, 4.69) is 10.6 Å². The minimum atomic E-state index is -0.349. The summed E-state index contributed by atoms with van der Waals surface area (Å²) in [5.74, 6) is 0.411. The smallest absolute Gasteiger partial charge is 0.251 e. The van der Waals surface area contributed by atoms with Crippen LogP contribution in [0.5, 0.6) is 11.5 Å². The summed E-state index contributed by atoms with van der Waals surface area (Å²) >= 11 is 1.63.